The van der Waals surface area contributed by atoms with Gasteiger partial charge < -0.3 is 0 Å². The van der Waals surface area contributed by atoms with E-state index in [4.69, 9.17) is 0 Å². The Hall–Kier alpha value is -1.62. The first-order valence-electron chi connectivity index (χ1n) is 5.33. The molecule has 86 valence electrons. The maximum absolute atomic E-state index is 4.52. The number of fused-ring (bicyclic) bond motifs is 1. The fourth-order valence-electron chi connectivity index (χ4n) is 1.94. The fraction of sp³-hybridized carbons (Fsp3) is 0.167. The van der Waals surface area contributed by atoms with Crippen LogP contribution in [0.5, 0.6) is 0 Å². The standard InChI is InChI=1S/C12H11BrN4/c1-8-6-7-9(2)16(8)12-14-11-5-3-4-10(13)17(11)15-12/h3-7H,1-2H3. The molecule has 0 amide bonds. The molecule has 0 saturated heterocycles. The van der Waals surface area contributed by atoms with E-state index in [0.29, 0.717) is 5.95 Å². The molecular formula is C12H11BrN4. The number of hydrogen-bond donors (Lipinski definition) is 0. The second-order valence-corrected chi connectivity index (χ2v) is 4.79. The normalized spacial score (nSPS) is 11.2. The average molecular weight is 291 g/mol. The Morgan fingerprint density at radius 2 is 1.76 bits per heavy atom. The van der Waals surface area contributed by atoms with Crippen LogP contribution in [0, 0.1) is 13.8 Å². The molecule has 3 aromatic rings. The summed E-state index contributed by atoms with van der Waals surface area (Å²) in [7, 11) is 0. The van der Waals surface area contributed by atoms with Crippen molar-refractivity contribution < 1.29 is 0 Å². The first kappa shape index (κ1) is 10.5. The molecule has 0 aliphatic rings. The molecule has 0 atom stereocenters. The van der Waals surface area contributed by atoms with Crippen LogP contribution in [0.25, 0.3) is 11.6 Å². The first-order chi connectivity index (χ1) is 8.16. The number of pyridine rings is 1. The van der Waals surface area contributed by atoms with Crippen LogP contribution in [0.15, 0.2) is 34.9 Å². The molecule has 4 nitrogen and oxygen atoms in total. The van der Waals surface area contributed by atoms with Gasteiger partial charge in [-0.2, -0.15) is 4.98 Å². The summed E-state index contributed by atoms with van der Waals surface area (Å²) in [6, 6.07) is 9.97. The van der Waals surface area contributed by atoms with Crippen molar-refractivity contribution in [3.05, 3.63) is 46.3 Å². The molecule has 0 bridgehead atoms. The highest BCUT2D eigenvalue weighted by molar-refractivity contribution is 9.10. The molecule has 0 radical (unpaired) electrons. The van der Waals surface area contributed by atoms with Gasteiger partial charge >= 0.3 is 0 Å². The van der Waals surface area contributed by atoms with Crippen LogP contribution in [0.1, 0.15) is 11.4 Å². The lowest BCUT2D eigenvalue weighted by atomic mass is 10.5. The summed E-state index contributed by atoms with van der Waals surface area (Å²) in [6.07, 6.45) is 0. The first-order valence-corrected chi connectivity index (χ1v) is 6.13. The van der Waals surface area contributed by atoms with Crippen LogP contribution >= 0.6 is 15.9 Å². The van der Waals surface area contributed by atoms with Crippen LogP contribution in [0.2, 0.25) is 0 Å². The van der Waals surface area contributed by atoms with Crippen molar-refractivity contribution in [3.8, 4) is 5.95 Å². The lowest BCUT2D eigenvalue weighted by molar-refractivity contribution is 0.843. The Labute approximate surface area is 107 Å². The van der Waals surface area contributed by atoms with E-state index in [1.165, 1.54) is 0 Å². The van der Waals surface area contributed by atoms with Gasteiger partial charge in [0.25, 0.3) is 5.95 Å². The van der Waals surface area contributed by atoms with E-state index in [2.05, 4.69) is 38.1 Å². The second-order valence-electron chi connectivity index (χ2n) is 3.98. The fourth-order valence-corrected chi connectivity index (χ4v) is 2.35. The van der Waals surface area contributed by atoms with Crippen LogP contribution in [0.3, 0.4) is 0 Å². The molecule has 0 N–H and O–H groups in total. The Bertz CT molecular complexity index is 676. The summed E-state index contributed by atoms with van der Waals surface area (Å²) in [5.41, 5.74) is 3.10. The van der Waals surface area contributed by atoms with Gasteiger partial charge in [0, 0.05) is 11.4 Å². The molecule has 0 fully saturated rings. The quantitative estimate of drug-likeness (QED) is 0.646. The third kappa shape index (κ3) is 1.58. The summed E-state index contributed by atoms with van der Waals surface area (Å²) in [5.74, 6) is 0.705. The van der Waals surface area contributed by atoms with Gasteiger partial charge in [0.2, 0.25) is 0 Å². The number of hydrogen-bond acceptors (Lipinski definition) is 2. The van der Waals surface area contributed by atoms with Gasteiger partial charge in [-0.15, -0.1) is 5.10 Å². The van der Waals surface area contributed by atoms with Gasteiger partial charge in [-0.1, -0.05) is 6.07 Å². The van der Waals surface area contributed by atoms with Gasteiger partial charge in [-0.25, -0.2) is 4.52 Å². The van der Waals surface area contributed by atoms with E-state index < -0.39 is 0 Å². The van der Waals surface area contributed by atoms with Crippen LogP contribution in [-0.4, -0.2) is 19.2 Å². The highest BCUT2D eigenvalue weighted by Crippen LogP contribution is 2.16. The molecule has 3 rings (SSSR count). The Balaban J connectivity index is 2.29. The zero-order valence-electron chi connectivity index (χ0n) is 9.55. The monoisotopic (exact) mass is 290 g/mol. The van der Waals surface area contributed by atoms with Crippen molar-refractivity contribution >= 4 is 21.6 Å². The zero-order chi connectivity index (χ0) is 12.0. The molecule has 0 aromatic carbocycles. The minimum Gasteiger partial charge on any atom is -0.286 e. The Kier molecular flexibility index (Phi) is 2.29. The highest BCUT2D eigenvalue weighted by Gasteiger charge is 2.10. The van der Waals surface area contributed by atoms with Gasteiger partial charge in [0.1, 0.15) is 4.60 Å². The second kappa shape index (κ2) is 3.70. The minimum atomic E-state index is 0.705. The van der Waals surface area contributed by atoms with Crippen LogP contribution < -0.4 is 0 Å². The van der Waals surface area contributed by atoms with Crippen molar-refractivity contribution in [2.24, 2.45) is 0 Å². The van der Waals surface area contributed by atoms with E-state index in [9.17, 15) is 0 Å². The van der Waals surface area contributed by atoms with E-state index in [1.54, 1.807) is 4.52 Å². The Morgan fingerprint density at radius 1 is 1.06 bits per heavy atom. The maximum atomic E-state index is 4.52. The summed E-state index contributed by atoms with van der Waals surface area (Å²) < 4.78 is 4.73. The molecule has 17 heavy (non-hydrogen) atoms. The summed E-state index contributed by atoms with van der Waals surface area (Å²) in [6.45, 7) is 4.10. The largest absolute Gasteiger partial charge is 0.286 e. The summed E-state index contributed by atoms with van der Waals surface area (Å²) >= 11 is 3.46. The predicted octanol–water partition coefficient (Wildman–Crippen LogP) is 2.90. The van der Waals surface area contributed by atoms with Crippen molar-refractivity contribution in [1.82, 2.24) is 19.2 Å². The van der Waals surface area contributed by atoms with Crippen molar-refractivity contribution in [2.45, 2.75) is 13.8 Å². The molecule has 0 spiro atoms. The summed E-state index contributed by atoms with van der Waals surface area (Å²) in [4.78, 5) is 4.52. The smallest absolute Gasteiger partial charge is 0.254 e. The van der Waals surface area contributed by atoms with Crippen molar-refractivity contribution in [1.29, 1.82) is 0 Å². The molecule has 5 heteroatoms. The SMILES string of the molecule is Cc1ccc(C)n1-c1nc2cccc(Br)n2n1. The van der Waals surface area contributed by atoms with Gasteiger partial charge in [-0.05, 0) is 54.0 Å². The molecule has 0 saturated carbocycles. The molecule has 0 aliphatic carbocycles. The van der Waals surface area contributed by atoms with E-state index in [1.807, 2.05) is 36.6 Å². The highest BCUT2D eigenvalue weighted by atomic mass is 79.9. The van der Waals surface area contributed by atoms with Crippen LogP contribution in [0.4, 0.5) is 0 Å². The molecule has 0 aliphatic heterocycles. The average Bonchev–Trinajstić information content (AvgIpc) is 2.84. The van der Waals surface area contributed by atoms with Crippen molar-refractivity contribution in [3.63, 3.8) is 0 Å². The topological polar surface area (TPSA) is 35.1 Å². The van der Waals surface area contributed by atoms with Crippen molar-refractivity contribution in [2.75, 3.05) is 0 Å². The van der Waals surface area contributed by atoms with Gasteiger partial charge in [0.05, 0.1) is 0 Å². The Morgan fingerprint density at radius 3 is 2.41 bits per heavy atom. The van der Waals surface area contributed by atoms with E-state index in [0.717, 1.165) is 21.6 Å². The third-order valence-electron chi connectivity index (χ3n) is 2.77. The third-order valence-corrected chi connectivity index (χ3v) is 3.37. The lowest BCUT2D eigenvalue weighted by Crippen LogP contribution is -2.01. The predicted molar refractivity (Wildman–Crippen MR) is 69.5 cm³/mol. The maximum Gasteiger partial charge on any atom is 0.254 e. The van der Waals surface area contributed by atoms with Crippen LogP contribution in [-0.2, 0) is 0 Å². The number of aromatic nitrogens is 4. The van der Waals surface area contributed by atoms with Gasteiger partial charge in [-0.3, -0.25) is 4.57 Å². The molecule has 0 unspecified atom stereocenters. The van der Waals surface area contributed by atoms with E-state index >= 15 is 0 Å². The number of nitrogens with zero attached hydrogens (tertiary/aromatic N) is 4. The molecule has 3 aromatic heterocycles. The number of halogens is 1. The van der Waals surface area contributed by atoms with Gasteiger partial charge in [0.15, 0.2) is 5.65 Å². The molecular weight excluding hydrogens is 280 g/mol. The van der Waals surface area contributed by atoms with E-state index in [-0.39, 0.29) is 0 Å². The zero-order valence-corrected chi connectivity index (χ0v) is 11.1. The number of rotatable bonds is 1. The summed E-state index contributed by atoms with van der Waals surface area (Å²) in [5, 5.41) is 4.50. The lowest BCUT2D eigenvalue weighted by Gasteiger charge is -2.02. The minimum absolute atomic E-state index is 0.705. The molecule has 3 heterocycles. The number of aryl methyl sites for hydroxylation is 2.